The lowest BCUT2D eigenvalue weighted by molar-refractivity contribution is 0.102. The van der Waals surface area contributed by atoms with Crippen LogP contribution in [0.2, 0.25) is 18.6 Å². The van der Waals surface area contributed by atoms with Crippen LogP contribution in [0.5, 0.6) is 5.75 Å². The first kappa shape index (κ1) is 34.7. The summed E-state index contributed by atoms with van der Waals surface area (Å²) in [6, 6.07) is 20.3. The van der Waals surface area contributed by atoms with Crippen LogP contribution in [0.1, 0.15) is 154 Å². The molecule has 2 aromatic carbocycles. The van der Waals surface area contributed by atoms with Crippen LogP contribution in [0.3, 0.4) is 0 Å². The molecule has 0 bridgehead atoms. The van der Waals surface area contributed by atoms with E-state index in [-0.39, 0.29) is 5.41 Å². The van der Waals surface area contributed by atoms with E-state index in [1.807, 2.05) is 0 Å². The van der Waals surface area contributed by atoms with Gasteiger partial charge in [-0.25, -0.2) is 0 Å². The largest absolute Gasteiger partial charge is 0.544 e. The third-order valence-electron chi connectivity index (χ3n) is 12.5. The predicted octanol–water partition coefficient (Wildman–Crippen LogP) is 12.5. The third kappa shape index (κ3) is 7.77. The summed E-state index contributed by atoms with van der Waals surface area (Å²) >= 11 is 0. The number of nitrogens with zero attached hydrogens (tertiary/aromatic N) is 1. The lowest BCUT2D eigenvalue weighted by Crippen LogP contribution is -2.46. The first-order valence-electron chi connectivity index (χ1n) is 19.2. The average molecular weight is 630 g/mol. The number of unbranched alkanes of at least 4 members (excludes halogenated alkanes) is 1. The molecule has 0 radical (unpaired) electrons. The normalized spacial score (nSPS) is 27.0. The predicted molar refractivity (Wildman–Crippen MR) is 197 cm³/mol. The SMILES string of the molecule is CCCCC(c1ccccc1O[Si](C)(C)C1C(CC)CC2C(c3ccc(C(C)(C)C)cc3)CCCC21)N(CC)C1CCCCC1. The summed E-state index contributed by atoms with van der Waals surface area (Å²) in [4.78, 5) is 2.88. The van der Waals surface area contributed by atoms with Gasteiger partial charge in [-0.3, -0.25) is 4.90 Å². The van der Waals surface area contributed by atoms with Gasteiger partial charge in [0.25, 0.3) is 0 Å². The van der Waals surface area contributed by atoms with Crippen LogP contribution in [0, 0.1) is 17.8 Å². The lowest BCUT2D eigenvalue weighted by Gasteiger charge is -2.43. The third-order valence-corrected chi connectivity index (χ3v) is 15.7. The highest BCUT2D eigenvalue weighted by Crippen LogP contribution is 2.61. The fourth-order valence-corrected chi connectivity index (χ4v) is 14.2. The maximum Gasteiger partial charge on any atom is 0.248 e. The molecule has 250 valence electrons. The Hall–Kier alpha value is -1.58. The van der Waals surface area contributed by atoms with Gasteiger partial charge in [0.2, 0.25) is 8.32 Å². The molecular formula is C42H67NOSi. The summed E-state index contributed by atoms with van der Waals surface area (Å²) in [5.41, 5.74) is 5.47. The fraction of sp³-hybridized carbons (Fsp3) is 0.714. The molecule has 45 heavy (non-hydrogen) atoms. The summed E-state index contributed by atoms with van der Waals surface area (Å²) in [5.74, 6) is 4.32. The van der Waals surface area contributed by atoms with Crippen molar-refractivity contribution in [3.05, 3.63) is 65.2 Å². The number of para-hydroxylation sites is 1. The summed E-state index contributed by atoms with van der Waals surface area (Å²) in [7, 11) is -2.08. The highest BCUT2D eigenvalue weighted by molar-refractivity contribution is 6.73. The molecule has 3 saturated carbocycles. The zero-order chi connectivity index (χ0) is 32.2. The van der Waals surface area contributed by atoms with Gasteiger partial charge in [0, 0.05) is 17.6 Å². The monoisotopic (exact) mass is 629 g/mol. The van der Waals surface area contributed by atoms with Crippen molar-refractivity contribution in [1.29, 1.82) is 0 Å². The number of hydrogen-bond acceptors (Lipinski definition) is 2. The Kier molecular flexibility index (Phi) is 11.7. The van der Waals surface area contributed by atoms with Crippen molar-refractivity contribution >= 4 is 8.32 Å². The molecule has 0 heterocycles. The van der Waals surface area contributed by atoms with Crippen LogP contribution < -0.4 is 4.43 Å². The Morgan fingerprint density at radius 2 is 1.56 bits per heavy atom. The second-order valence-corrected chi connectivity index (χ2v) is 20.8. The van der Waals surface area contributed by atoms with Gasteiger partial charge < -0.3 is 4.43 Å². The highest BCUT2D eigenvalue weighted by Gasteiger charge is 2.55. The van der Waals surface area contributed by atoms with Gasteiger partial charge in [-0.1, -0.05) is 135 Å². The number of fused-ring (bicyclic) bond motifs is 1. The minimum Gasteiger partial charge on any atom is -0.544 e. The molecule has 2 aromatic rings. The van der Waals surface area contributed by atoms with Crippen molar-refractivity contribution in [3.8, 4) is 5.75 Å². The van der Waals surface area contributed by atoms with Gasteiger partial charge in [-0.05, 0) is 104 Å². The van der Waals surface area contributed by atoms with Crippen molar-refractivity contribution in [3.63, 3.8) is 0 Å². The van der Waals surface area contributed by atoms with E-state index in [1.54, 1.807) is 5.56 Å². The minimum atomic E-state index is -2.08. The first-order valence-corrected chi connectivity index (χ1v) is 22.2. The average Bonchev–Trinajstić information content (AvgIpc) is 3.44. The molecular weight excluding hydrogens is 563 g/mol. The molecule has 3 heteroatoms. The lowest BCUT2D eigenvalue weighted by atomic mass is 9.70. The quantitative estimate of drug-likeness (QED) is 0.217. The van der Waals surface area contributed by atoms with E-state index in [0.717, 1.165) is 35.9 Å². The summed E-state index contributed by atoms with van der Waals surface area (Å²) in [6.45, 7) is 20.5. The molecule has 2 nitrogen and oxygen atoms in total. The topological polar surface area (TPSA) is 12.5 Å². The van der Waals surface area contributed by atoms with E-state index in [4.69, 9.17) is 4.43 Å². The Morgan fingerprint density at radius 1 is 0.844 bits per heavy atom. The Balaban J connectivity index is 1.41. The van der Waals surface area contributed by atoms with Gasteiger partial charge in [-0.2, -0.15) is 0 Å². The Labute approximate surface area is 279 Å². The summed E-state index contributed by atoms with van der Waals surface area (Å²) in [5, 5.41) is 0. The maximum atomic E-state index is 7.55. The Bertz CT molecular complexity index is 1190. The van der Waals surface area contributed by atoms with E-state index >= 15 is 0 Å². The minimum absolute atomic E-state index is 0.211. The molecule has 5 rings (SSSR count). The van der Waals surface area contributed by atoms with Gasteiger partial charge >= 0.3 is 0 Å². The number of hydrogen-bond donors (Lipinski definition) is 0. The van der Waals surface area contributed by atoms with Crippen molar-refractivity contribution in [2.75, 3.05) is 6.54 Å². The van der Waals surface area contributed by atoms with E-state index in [2.05, 4.69) is 108 Å². The van der Waals surface area contributed by atoms with Crippen molar-refractivity contribution in [2.24, 2.45) is 17.8 Å². The molecule has 3 aliphatic carbocycles. The van der Waals surface area contributed by atoms with Crippen LogP contribution in [-0.4, -0.2) is 25.8 Å². The Morgan fingerprint density at radius 3 is 2.20 bits per heavy atom. The van der Waals surface area contributed by atoms with E-state index in [0.29, 0.717) is 12.0 Å². The zero-order valence-corrected chi connectivity index (χ0v) is 31.4. The number of rotatable bonds is 12. The van der Waals surface area contributed by atoms with Crippen LogP contribution in [0.15, 0.2) is 48.5 Å². The fourth-order valence-electron chi connectivity index (χ4n) is 10.3. The van der Waals surface area contributed by atoms with Crippen LogP contribution in [-0.2, 0) is 5.41 Å². The van der Waals surface area contributed by atoms with Crippen LogP contribution in [0.25, 0.3) is 0 Å². The molecule has 3 aliphatic rings. The summed E-state index contributed by atoms with van der Waals surface area (Å²) in [6.07, 6.45) is 17.5. The molecule has 0 amide bonds. The van der Waals surface area contributed by atoms with E-state index in [9.17, 15) is 0 Å². The summed E-state index contributed by atoms with van der Waals surface area (Å²) < 4.78 is 7.55. The van der Waals surface area contributed by atoms with Crippen LogP contribution >= 0.6 is 0 Å². The zero-order valence-electron chi connectivity index (χ0n) is 30.4. The number of benzene rings is 2. The van der Waals surface area contributed by atoms with Gasteiger partial charge in [0.1, 0.15) is 5.75 Å². The molecule has 0 aromatic heterocycles. The smallest absolute Gasteiger partial charge is 0.248 e. The van der Waals surface area contributed by atoms with E-state index in [1.165, 1.54) is 100 Å². The van der Waals surface area contributed by atoms with Gasteiger partial charge in [0.15, 0.2) is 0 Å². The molecule has 6 atom stereocenters. The molecule has 0 aliphatic heterocycles. The van der Waals surface area contributed by atoms with Crippen molar-refractivity contribution in [1.82, 2.24) is 4.90 Å². The molecule has 0 N–H and O–H groups in total. The van der Waals surface area contributed by atoms with Gasteiger partial charge in [-0.15, -0.1) is 0 Å². The second kappa shape index (κ2) is 15.1. The van der Waals surface area contributed by atoms with Crippen molar-refractivity contribution < 1.29 is 4.43 Å². The van der Waals surface area contributed by atoms with Crippen molar-refractivity contribution in [2.45, 2.75) is 167 Å². The van der Waals surface area contributed by atoms with Crippen LogP contribution in [0.4, 0.5) is 0 Å². The highest BCUT2D eigenvalue weighted by atomic mass is 28.4. The molecule has 3 fully saturated rings. The standard InChI is InChI=1S/C42H67NOSi/c1-9-12-24-39(43(11-3)34-19-14-13-15-20-34)37-21-16-17-25-40(37)44-45(7,8)41-31(10-2)30-38-35(22-18-23-36(38)41)32-26-28-33(29-27-32)42(4,5)6/h16-17,21,25-29,31,34-36,38-39,41H,9-15,18-20,22-24,30H2,1-8H3. The first-order chi connectivity index (χ1) is 21.6. The molecule has 0 saturated heterocycles. The molecule has 6 unspecified atom stereocenters. The van der Waals surface area contributed by atoms with Gasteiger partial charge in [0.05, 0.1) is 0 Å². The maximum absolute atomic E-state index is 7.55. The molecule has 0 spiro atoms. The second-order valence-electron chi connectivity index (χ2n) is 16.7. The van der Waals surface area contributed by atoms with E-state index < -0.39 is 8.32 Å².